The second-order valence-electron chi connectivity index (χ2n) is 4.17. The molecule has 0 atom stereocenters. The molecule has 0 saturated heterocycles. The zero-order valence-electron chi connectivity index (χ0n) is 11.4. The average molecular weight is 267 g/mol. The van der Waals surface area contributed by atoms with Gasteiger partial charge >= 0.3 is 11.7 Å². The number of hydrogen-bond acceptors (Lipinski definition) is 6. The van der Waals surface area contributed by atoms with E-state index in [0.29, 0.717) is 6.54 Å². The van der Waals surface area contributed by atoms with Crippen LogP contribution in [0.25, 0.3) is 0 Å². The molecule has 1 heterocycles. The lowest BCUT2D eigenvalue weighted by Gasteiger charge is -2.25. The van der Waals surface area contributed by atoms with Crippen LogP contribution in [0.3, 0.4) is 0 Å². The molecule has 0 amide bonds. The Morgan fingerprint density at radius 2 is 2.16 bits per heavy atom. The molecular weight excluding hydrogens is 250 g/mol. The molecule has 19 heavy (non-hydrogen) atoms. The van der Waals surface area contributed by atoms with Crippen LogP contribution in [0.2, 0.25) is 0 Å². The van der Waals surface area contributed by atoms with Gasteiger partial charge in [-0.2, -0.15) is 0 Å². The van der Waals surface area contributed by atoms with Crippen LogP contribution < -0.4 is 4.90 Å². The number of carbonyl (C=O) groups excluding carboxylic acids is 1. The van der Waals surface area contributed by atoms with Gasteiger partial charge in [-0.25, -0.2) is 9.78 Å². The van der Waals surface area contributed by atoms with Crippen molar-refractivity contribution in [3.8, 4) is 0 Å². The SMILES string of the molecule is CCN(c1nc(C(=O)OC)ccc1[N+](=O)[O-])C(C)C. The first-order valence-corrected chi connectivity index (χ1v) is 5.92. The van der Waals surface area contributed by atoms with Gasteiger partial charge < -0.3 is 9.64 Å². The second kappa shape index (κ2) is 6.12. The highest BCUT2D eigenvalue weighted by Crippen LogP contribution is 2.27. The van der Waals surface area contributed by atoms with E-state index in [1.54, 1.807) is 4.90 Å². The summed E-state index contributed by atoms with van der Waals surface area (Å²) in [7, 11) is 1.24. The predicted molar refractivity (Wildman–Crippen MR) is 70.4 cm³/mol. The van der Waals surface area contributed by atoms with Gasteiger partial charge in [0, 0.05) is 18.7 Å². The molecule has 1 aromatic heterocycles. The molecule has 0 saturated carbocycles. The number of rotatable bonds is 5. The number of aromatic nitrogens is 1. The Hall–Kier alpha value is -2.18. The Morgan fingerprint density at radius 3 is 2.58 bits per heavy atom. The zero-order valence-corrected chi connectivity index (χ0v) is 11.4. The number of carbonyl (C=O) groups is 1. The van der Waals surface area contributed by atoms with Crippen molar-refractivity contribution in [1.29, 1.82) is 0 Å². The first-order chi connectivity index (χ1) is 8.92. The fraction of sp³-hybridized carbons (Fsp3) is 0.500. The third-order valence-electron chi connectivity index (χ3n) is 2.68. The number of pyridine rings is 1. The van der Waals surface area contributed by atoms with E-state index in [2.05, 4.69) is 9.72 Å². The molecule has 0 spiro atoms. The molecule has 0 bridgehead atoms. The fourth-order valence-electron chi connectivity index (χ4n) is 1.77. The summed E-state index contributed by atoms with van der Waals surface area (Å²) in [4.78, 5) is 27.8. The average Bonchev–Trinajstić information content (AvgIpc) is 2.37. The van der Waals surface area contributed by atoms with Gasteiger partial charge in [-0.3, -0.25) is 10.1 Å². The Balaban J connectivity index is 3.37. The van der Waals surface area contributed by atoms with E-state index in [9.17, 15) is 14.9 Å². The van der Waals surface area contributed by atoms with Crippen molar-refractivity contribution in [1.82, 2.24) is 4.98 Å². The summed E-state index contributed by atoms with van der Waals surface area (Å²) in [6.07, 6.45) is 0. The Labute approximate surface area is 111 Å². The lowest BCUT2D eigenvalue weighted by molar-refractivity contribution is -0.384. The second-order valence-corrected chi connectivity index (χ2v) is 4.17. The van der Waals surface area contributed by atoms with Gasteiger partial charge in [-0.15, -0.1) is 0 Å². The van der Waals surface area contributed by atoms with Crippen molar-refractivity contribution in [2.24, 2.45) is 0 Å². The number of anilines is 1. The smallest absolute Gasteiger partial charge is 0.356 e. The molecule has 1 rings (SSSR count). The van der Waals surface area contributed by atoms with Gasteiger partial charge in [-0.05, 0) is 26.8 Å². The van der Waals surface area contributed by atoms with Crippen LogP contribution in [0.4, 0.5) is 11.5 Å². The third kappa shape index (κ3) is 3.18. The molecule has 0 fully saturated rings. The van der Waals surface area contributed by atoms with Gasteiger partial charge in [0.25, 0.3) is 0 Å². The van der Waals surface area contributed by atoms with Crippen LogP contribution in [0.1, 0.15) is 31.3 Å². The minimum atomic E-state index is -0.615. The summed E-state index contributed by atoms with van der Waals surface area (Å²) in [5.41, 5.74) is -0.0644. The Kier molecular flexibility index (Phi) is 4.80. The summed E-state index contributed by atoms with van der Waals surface area (Å²) >= 11 is 0. The highest BCUT2D eigenvalue weighted by atomic mass is 16.6. The number of nitro groups is 1. The molecule has 0 aromatic carbocycles. The molecule has 0 radical (unpaired) electrons. The van der Waals surface area contributed by atoms with E-state index in [0.717, 1.165) is 0 Å². The number of ether oxygens (including phenoxy) is 1. The summed E-state index contributed by atoms with van der Waals surface area (Å²) in [6, 6.07) is 2.60. The molecule has 1 aromatic rings. The van der Waals surface area contributed by atoms with E-state index in [1.165, 1.54) is 19.2 Å². The molecular formula is C12H17N3O4. The quantitative estimate of drug-likeness (QED) is 0.461. The van der Waals surface area contributed by atoms with Crippen molar-refractivity contribution in [3.05, 3.63) is 27.9 Å². The minimum absolute atomic E-state index is 0.0316. The topological polar surface area (TPSA) is 85.6 Å². The zero-order chi connectivity index (χ0) is 14.6. The van der Waals surface area contributed by atoms with Crippen LogP contribution in [0, 0.1) is 10.1 Å². The standard InChI is InChI=1S/C12H17N3O4/c1-5-14(8(2)3)11-10(15(17)18)7-6-9(13-11)12(16)19-4/h6-8H,5H2,1-4H3. The van der Waals surface area contributed by atoms with Gasteiger partial charge in [0.05, 0.1) is 12.0 Å². The van der Waals surface area contributed by atoms with Crippen LogP contribution in [-0.4, -0.2) is 35.6 Å². The predicted octanol–water partition coefficient (Wildman–Crippen LogP) is 2.01. The number of hydrogen-bond donors (Lipinski definition) is 0. The lowest BCUT2D eigenvalue weighted by Crippen LogP contribution is -2.32. The molecule has 0 aliphatic carbocycles. The summed E-state index contributed by atoms with van der Waals surface area (Å²) < 4.78 is 4.58. The van der Waals surface area contributed by atoms with Crippen molar-refractivity contribution in [2.45, 2.75) is 26.8 Å². The maximum Gasteiger partial charge on any atom is 0.356 e. The van der Waals surface area contributed by atoms with Crippen molar-refractivity contribution >= 4 is 17.5 Å². The number of esters is 1. The maximum atomic E-state index is 11.5. The lowest BCUT2D eigenvalue weighted by atomic mass is 10.2. The van der Waals surface area contributed by atoms with Crippen molar-refractivity contribution in [3.63, 3.8) is 0 Å². The van der Waals surface area contributed by atoms with E-state index < -0.39 is 10.9 Å². The van der Waals surface area contributed by atoms with E-state index >= 15 is 0 Å². The van der Waals surface area contributed by atoms with Crippen LogP contribution in [0.15, 0.2) is 12.1 Å². The molecule has 0 N–H and O–H groups in total. The largest absolute Gasteiger partial charge is 0.464 e. The Bertz CT molecular complexity index is 488. The van der Waals surface area contributed by atoms with E-state index in [4.69, 9.17) is 0 Å². The fourth-order valence-corrected chi connectivity index (χ4v) is 1.77. The summed E-state index contributed by atoms with van der Waals surface area (Å²) in [5.74, 6) is -0.429. The monoisotopic (exact) mass is 267 g/mol. The van der Waals surface area contributed by atoms with Crippen LogP contribution in [0.5, 0.6) is 0 Å². The molecule has 104 valence electrons. The first kappa shape index (κ1) is 14.9. The highest BCUT2D eigenvalue weighted by Gasteiger charge is 2.24. The molecule has 0 aliphatic rings. The minimum Gasteiger partial charge on any atom is -0.464 e. The first-order valence-electron chi connectivity index (χ1n) is 5.92. The van der Waals surface area contributed by atoms with Gasteiger partial charge in [-0.1, -0.05) is 0 Å². The molecule has 7 heteroatoms. The van der Waals surface area contributed by atoms with Gasteiger partial charge in [0.2, 0.25) is 5.82 Å². The normalized spacial score (nSPS) is 10.4. The van der Waals surface area contributed by atoms with Crippen molar-refractivity contribution in [2.75, 3.05) is 18.6 Å². The van der Waals surface area contributed by atoms with E-state index in [-0.39, 0.29) is 23.2 Å². The number of nitrogens with zero attached hydrogens (tertiary/aromatic N) is 3. The Morgan fingerprint density at radius 1 is 1.53 bits per heavy atom. The summed E-state index contributed by atoms with van der Waals surface area (Å²) in [6.45, 7) is 6.23. The third-order valence-corrected chi connectivity index (χ3v) is 2.68. The molecule has 0 unspecified atom stereocenters. The summed E-state index contributed by atoms with van der Waals surface area (Å²) in [5, 5.41) is 11.0. The van der Waals surface area contributed by atoms with Crippen molar-refractivity contribution < 1.29 is 14.5 Å². The molecule has 0 aliphatic heterocycles. The maximum absolute atomic E-state index is 11.5. The highest BCUT2D eigenvalue weighted by molar-refractivity contribution is 5.88. The van der Waals surface area contributed by atoms with Crippen LogP contribution in [-0.2, 0) is 4.74 Å². The molecule has 7 nitrogen and oxygen atoms in total. The van der Waals surface area contributed by atoms with Gasteiger partial charge in [0.15, 0.2) is 5.69 Å². The number of methoxy groups -OCH3 is 1. The van der Waals surface area contributed by atoms with Gasteiger partial charge in [0.1, 0.15) is 0 Å². The van der Waals surface area contributed by atoms with E-state index in [1.807, 2.05) is 20.8 Å². The van der Waals surface area contributed by atoms with Crippen LogP contribution >= 0.6 is 0 Å².